The molecule has 2 aromatic carbocycles. The normalized spacial score (nSPS) is 15.1. The van der Waals surface area contributed by atoms with E-state index in [1.807, 2.05) is 30.3 Å². The van der Waals surface area contributed by atoms with Gasteiger partial charge >= 0.3 is 0 Å². The van der Waals surface area contributed by atoms with Crippen LogP contribution in [0.2, 0.25) is 5.02 Å². The highest BCUT2D eigenvalue weighted by atomic mass is 35.5. The van der Waals surface area contributed by atoms with Crippen molar-refractivity contribution in [3.63, 3.8) is 0 Å². The van der Waals surface area contributed by atoms with Crippen LogP contribution in [0.25, 0.3) is 0 Å². The summed E-state index contributed by atoms with van der Waals surface area (Å²) in [4.78, 5) is 27.1. The number of hydrogen-bond donors (Lipinski definition) is 1. The number of nitrogens with zero attached hydrogens (tertiary/aromatic N) is 1. The van der Waals surface area contributed by atoms with Crippen LogP contribution in [0.5, 0.6) is 5.75 Å². The molecule has 1 heterocycles. The molecule has 1 aliphatic heterocycles. The minimum Gasteiger partial charge on any atom is -0.484 e. The highest BCUT2D eigenvalue weighted by molar-refractivity contribution is 6.30. The van der Waals surface area contributed by atoms with Gasteiger partial charge in [0, 0.05) is 18.1 Å². The van der Waals surface area contributed by atoms with Gasteiger partial charge in [-0.1, -0.05) is 41.9 Å². The molecule has 0 spiro atoms. The minimum absolute atomic E-state index is 0.149. The molecular formula is C20H21ClN2O4. The second-order valence-corrected chi connectivity index (χ2v) is 6.53. The van der Waals surface area contributed by atoms with Crippen LogP contribution in [0.1, 0.15) is 11.6 Å². The van der Waals surface area contributed by atoms with Gasteiger partial charge in [0.15, 0.2) is 6.61 Å². The van der Waals surface area contributed by atoms with E-state index in [4.69, 9.17) is 21.1 Å². The van der Waals surface area contributed by atoms with Crippen molar-refractivity contribution < 1.29 is 19.1 Å². The Labute approximate surface area is 163 Å². The summed E-state index contributed by atoms with van der Waals surface area (Å²) in [6, 6.07) is 15.2. The molecule has 0 aromatic heterocycles. The van der Waals surface area contributed by atoms with Gasteiger partial charge in [-0.2, -0.15) is 0 Å². The molecule has 0 unspecified atom stereocenters. The third-order valence-electron chi connectivity index (χ3n) is 4.19. The van der Waals surface area contributed by atoms with Gasteiger partial charge in [0.05, 0.1) is 13.2 Å². The van der Waals surface area contributed by atoms with Gasteiger partial charge in [-0.05, 0) is 29.8 Å². The van der Waals surface area contributed by atoms with Gasteiger partial charge in [0.25, 0.3) is 5.91 Å². The van der Waals surface area contributed by atoms with Crippen LogP contribution >= 0.6 is 11.6 Å². The van der Waals surface area contributed by atoms with E-state index in [2.05, 4.69) is 5.32 Å². The van der Waals surface area contributed by atoms with Crippen molar-refractivity contribution in [2.24, 2.45) is 0 Å². The second-order valence-electron chi connectivity index (χ2n) is 6.09. The Kier molecular flexibility index (Phi) is 6.68. The number of ether oxygens (including phenoxy) is 2. The highest BCUT2D eigenvalue weighted by Gasteiger charge is 2.28. The fourth-order valence-electron chi connectivity index (χ4n) is 2.78. The Balaban J connectivity index is 1.66. The van der Waals surface area contributed by atoms with E-state index in [0.29, 0.717) is 37.1 Å². The molecule has 0 bridgehead atoms. The van der Waals surface area contributed by atoms with E-state index in [0.717, 1.165) is 5.56 Å². The smallest absolute Gasteiger partial charge is 0.258 e. The third kappa shape index (κ3) is 5.45. The summed E-state index contributed by atoms with van der Waals surface area (Å²) in [6.45, 7) is 1.84. The average Bonchev–Trinajstić information content (AvgIpc) is 2.72. The second kappa shape index (κ2) is 9.39. The predicted octanol–water partition coefficient (Wildman–Crippen LogP) is 2.44. The van der Waals surface area contributed by atoms with E-state index >= 15 is 0 Å². The fourth-order valence-corrected chi connectivity index (χ4v) is 2.91. The number of hydrogen-bond acceptors (Lipinski definition) is 4. The summed E-state index contributed by atoms with van der Waals surface area (Å²) in [7, 11) is 0. The van der Waals surface area contributed by atoms with Gasteiger partial charge in [-0.3, -0.25) is 9.59 Å². The largest absolute Gasteiger partial charge is 0.484 e. The first-order chi connectivity index (χ1) is 13.1. The molecule has 142 valence electrons. The zero-order valence-corrected chi connectivity index (χ0v) is 15.5. The third-order valence-corrected chi connectivity index (χ3v) is 4.44. The number of carbonyl (C=O) groups is 2. The molecule has 1 aliphatic rings. The summed E-state index contributed by atoms with van der Waals surface area (Å²) in [6.07, 6.45) is 0. The van der Waals surface area contributed by atoms with Crippen molar-refractivity contribution in [1.29, 1.82) is 0 Å². The highest BCUT2D eigenvalue weighted by Crippen LogP contribution is 2.18. The zero-order chi connectivity index (χ0) is 19.1. The molecule has 6 nitrogen and oxygen atoms in total. The molecule has 1 saturated heterocycles. The van der Waals surface area contributed by atoms with Gasteiger partial charge in [0.1, 0.15) is 11.8 Å². The Hall–Kier alpha value is -2.57. The lowest BCUT2D eigenvalue weighted by atomic mass is 10.1. The number of nitrogens with one attached hydrogen (secondary N) is 1. The molecule has 1 atom stereocenters. The number of halogens is 1. The molecule has 1 N–H and O–H groups in total. The van der Waals surface area contributed by atoms with E-state index in [1.54, 1.807) is 29.2 Å². The number of benzene rings is 2. The summed E-state index contributed by atoms with van der Waals surface area (Å²) in [5, 5.41) is 3.38. The summed E-state index contributed by atoms with van der Waals surface area (Å²) < 4.78 is 10.8. The number of amides is 2. The van der Waals surface area contributed by atoms with Crippen molar-refractivity contribution in [3.8, 4) is 5.75 Å². The van der Waals surface area contributed by atoms with Gasteiger partial charge in [-0.25, -0.2) is 0 Å². The topological polar surface area (TPSA) is 67.9 Å². The Morgan fingerprint density at radius 2 is 1.74 bits per heavy atom. The van der Waals surface area contributed by atoms with Crippen molar-refractivity contribution in [2.75, 3.05) is 32.9 Å². The molecule has 2 aromatic rings. The molecule has 3 rings (SSSR count). The van der Waals surface area contributed by atoms with E-state index in [9.17, 15) is 9.59 Å². The molecular weight excluding hydrogens is 368 g/mol. The molecule has 7 heteroatoms. The molecule has 0 saturated carbocycles. The Bertz CT molecular complexity index is 761. The monoisotopic (exact) mass is 388 g/mol. The lowest BCUT2D eigenvalue weighted by molar-refractivity contribution is -0.140. The standard InChI is InChI=1S/C20H21ClN2O4/c21-16-6-8-17(9-7-16)27-14-18(24)22-19(15-4-2-1-3-5-15)20(25)23-10-12-26-13-11-23/h1-9,19H,10-14H2,(H,22,24)/t19-/m0/s1. The fraction of sp³-hybridized carbons (Fsp3) is 0.300. The van der Waals surface area contributed by atoms with Crippen molar-refractivity contribution in [1.82, 2.24) is 10.2 Å². The quantitative estimate of drug-likeness (QED) is 0.825. The van der Waals surface area contributed by atoms with Crippen LogP contribution in [0.3, 0.4) is 0 Å². The first-order valence-electron chi connectivity index (χ1n) is 8.73. The minimum atomic E-state index is -0.759. The van der Waals surface area contributed by atoms with Crippen LogP contribution in [-0.4, -0.2) is 49.6 Å². The van der Waals surface area contributed by atoms with E-state index < -0.39 is 6.04 Å². The van der Waals surface area contributed by atoms with Gasteiger partial charge < -0.3 is 19.7 Å². The van der Waals surface area contributed by atoms with Crippen molar-refractivity contribution in [2.45, 2.75) is 6.04 Å². The SMILES string of the molecule is O=C(COc1ccc(Cl)cc1)N[C@H](C(=O)N1CCOCC1)c1ccccc1. The van der Waals surface area contributed by atoms with Crippen molar-refractivity contribution in [3.05, 3.63) is 65.2 Å². The van der Waals surface area contributed by atoms with Crippen LogP contribution in [0.15, 0.2) is 54.6 Å². The zero-order valence-electron chi connectivity index (χ0n) is 14.8. The molecule has 0 radical (unpaired) electrons. The van der Waals surface area contributed by atoms with Crippen LogP contribution in [0, 0.1) is 0 Å². The Morgan fingerprint density at radius 3 is 2.41 bits per heavy atom. The molecule has 0 aliphatic carbocycles. The van der Waals surface area contributed by atoms with Crippen LogP contribution < -0.4 is 10.1 Å². The Morgan fingerprint density at radius 1 is 1.07 bits per heavy atom. The van der Waals surface area contributed by atoms with E-state index in [1.165, 1.54) is 0 Å². The van der Waals surface area contributed by atoms with Crippen LogP contribution in [-0.2, 0) is 14.3 Å². The summed E-state index contributed by atoms with van der Waals surface area (Å²) >= 11 is 5.83. The average molecular weight is 389 g/mol. The first-order valence-corrected chi connectivity index (χ1v) is 9.10. The van der Waals surface area contributed by atoms with Crippen LogP contribution in [0.4, 0.5) is 0 Å². The number of morpholine rings is 1. The summed E-state index contributed by atoms with van der Waals surface area (Å²) in [5.74, 6) is 0.00933. The first kappa shape index (κ1) is 19.2. The van der Waals surface area contributed by atoms with E-state index in [-0.39, 0.29) is 18.4 Å². The summed E-state index contributed by atoms with van der Waals surface area (Å²) in [5.41, 5.74) is 0.730. The molecule has 2 amide bonds. The predicted molar refractivity (Wildman–Crippen MR) is 102 cm³/mol. The maximum absolute atomic E-state index is 12.9. The molecule has 27 heavy (non-hydrogen) atoms. The maximum atomic E-state index is 12.9. The maximum Gasteiger partial charge on any atom is 0.258 e. The van der Waals surface area contributed by atoms with Crippen molar-refractivity contribution >= 4 is 23.4 Å². The lowest BCUT2D eigenvalue weighted by Crippen LogP contribution is -2.48. The van der Waals surface area contributed by atoms with Gasteiger partial charge in [-0.15, -0.1) is 0 Å². The number of carbonyl (C=O) groups excluding carboxylic acids is 2. The van der Waals surface area contributed by atoms with Gasteiger partial charge in [0.2, 0.25) is 5.91 Å². The number of rotatable bonds is 6. The lowest BCUT2D eigenvalue weighted by Gasteiger charge is -2.31. The molecule has 1 fully saturated rings.